The van der Waals surface area contributed by atoms with Gasteiger partial charge in [0.25, 0.3) is 0 Å². The molecule has 1 heterocycles. The standard InChI is InChI=1S/C15H25NS/c1-15(2)7-6-12(11-16-3)13(10-15)9-14-5-4-8-17-14/h4-5,8,12-13,16H,6-7,9-11H2,1-3H3. The Labute approximate surface area is 110 Å². The van der Waals surface area contributed by atoms with E-state index in [1.54, 1.807) is 4.88 Å². The lowest BCUT2D eigenvalue weighted by molar-refractivity contribution is 0.118. The first kappa shape index (κ1) is 13.1. The normalized spacial score (nSPS) is 28.2. The second-order valence-corrected chi connectivity index (χ2v) is 7.30. The van der Waals surface area contributed by atoms with Crippen molar-refractivity contribution in [2.75, 3.05) is 13.6 Å². The Morgan fingerprint density at radius 2 is 2.24 bits per heavy atom. The van der Waals surface area contributed by atoms with E-state index in [0.29, 0.717) is 5.41 Å². The summed E-state index contributed by atoms with van der Waals surface area (Å²) in [6.45, 7) is 6.06. The number of hydrogen-bond acceptors (Lipinski definition) is 2. The number of hydrogen-bond donors (Lipinski definition) is 1. The molecule has 1 aliphatic rings. The number of nitrogens with one attached hydrogen (secondary N) is 1. The molecule has 1 aromatic rings. The minimum atomic E-state index is 0.548. The molecule has 17 heavy (non-hydrogen) atoms. The molecular formula is C15H25NS. The molecule has 1 fully saturated rings. The van der Waals surface area contributed by atoms with Gasteiger partial charge in [0.1, 0.15) is 0 Å². The molecule has 0 radical (unpaired) electrons. The van der Waals surface area contributed by atoms with E-state index < -0.39 is 0 Å². The lowest BCUT2D eigenvalue weighted by Gasteiger charge is -2.41. The Balaban J connectivity index is 2.02. The minimum absolute atomic E-state index is 0.548. The zero-order valence-corrected chi connectivity index (χ0v) is 12.1. The van der Waals surface area contributed by atoms with Crippen LogP contribution in [0.15, 0.2) is 17.5 Å². The monoisotopic (exact) mass is 251 g/mol. The molecule has 0 amide bonds. The molecule has 2 heteroatoms. The van der Waals surface area contributed by atoms with Crippen molar-refractivity contribution in [1.82, 2.24) is 5.32 Å². The molecule has 1 N–H and O–H groups in total. The lowest BCUT2D eigenvalue weighted by atomic mass is 9.66. The third-order valence-electron chi connectivity index (χ3n) is 4.18. The van der Waals surface area contributed by atoms with Gasteiger partial charge in [0.2, 0.25) is 0 Å². The van der Waals surface area contributed by atoms with E-state index in [9.17, 15) is 0 Å². The fourth-order valence-corrected chi connectivity index (χ4v) is 4.05. The summed E-state index contributed by atoms with van der Waals surface area (Å²) in [7, 11) is 2.09. The largest absolute Gasteiger partial charge is 0.319 e. The summed E-state index contributed by atoms with van der Waals surface area (Å²) < 4.78 is 0. The molecule has 0 saturated heterocycles. The zero-order valence-electron chi connectivity index (χ0n) is 11.3. The zero-order chi connectivity index (χ0) is 12.3. The predicted molar refractivity (Wildman–Crippen MR) is 76.6 cm³/mol. The Kier molecular flexibility index (Phi) is 4.26. The summed E-state index contributed by atoms with van der Waals surface area (Å²) in [5, 5.41) is 5.58. The summed E-state index contributed by atoms with van der Waals surface area (Å²) >= 11 is 1.92. The van der Waals surface area contributed by atoms with Crippen LogP contribution in [0.4, 0.5) is 0 Å². The van der Waals surface area contributed by atoms with Crippen LogP contribution < -0.4 is 5.32 Å². The molecule has 0 aromatic carbocycles. The molecular weight excluding hydrogens is 226 g/mol. The van der Waals surface area contributed by atoms with Gasteiger partial charge in [-0.25, -0.2) is 0 Å². The molecule has 0 bridgehead atoms. The molecule has 1 aromatic heterocycles. The van der Waals surface area contributed by atoms with Gasteiger partial charge in [-0.3, -0.25) is 0 Å². The van der Waals surface area contributed by atoms with Crippen LogP contribution in [0, 0.1) is 17.3 Å². The van der Waals surface area contributed by atoms with E-state index >= 15 is 0 Å². The molecule has 1 saturated carbocycles. The smallest absolute Gasteiger partial charge is 0.00480 e. The second kappa shape index (κ2) is 5.53. The first-order valence-corrected chi connectivity index (χ1v) is 7.66. The van der Waals surface area contributed by atoms with E-state index in [0.717, 1.165) is 11.8 Å². The molecule has 0 spiro atoms. The maximum atomic E-state index is 3.38. The fourth-order valence-electron chi connectivity index (χ4n) is 3.25. The van der Waals surface area contributed by atoms with Crippen molar-refractivity contribution in [3.63, 3.8) is 0 Å². The van der Waals surface area contributed by atoms with Crippen molar-refractivity contribution in [3.05, 3.63) is 22.4 Å². The average Bonchev–Trinajstić information content (AvgIpc) is 2.74. The van der Waals surface area contributed by atoms with Gasteiger partial charge in [-0.15, -0.1) is 11.3 Å². The first-order chi connectivity index (χ1) is 8.11. The van der Waals surface area contributed by atoms with Crippen molar-refractivity contribution in [3.8, 4) is 0 Å². The molecule has 2 unspecified atom stereocenters. The highest BCUT2D eigenvalue weighted by Gasteiger charge is 2.34. The highest BCUT2D eigenvalue weighted by molar-refractivity contribution is 7.09. The number of rotatable bonds is 4. The SMILES string of the molecule is CNCC1CCC(C)(C)CC1Cc1cccs1. The summed E-state index contributed by atoms with van der Waals surface area (Å²) in [6.07, 6.45) is 5.45. The van der Waals surface area contributed by atoms with Crippen LogP contribution in [0.2, 0.25) is 0 Å². The van der Waals surface area contributed by atoms with Crippen LogP contribution in [-0.4, -0.2) is 13.6 Å². The Hall–Kier alpha value is -0.340. The summed E-state index contributed by atoms with van der Waals surface area (Å²) in [4.78, 5) is 1.56. The van der Waals surface area contributed by atoms with Crippen LogP contribution >= 0.6 is 11.3 Å². The van der Waals surface area contributed by atoms with Gasteiger partial charge < -0.3 is 5.32 Å². The lowest BCUT2D eigenvalue weighted by Crippen LogP contribution is -2.35. The fraction of sp³-hybridized carbons (Fsp3) is 0.733. The molecule has 1 nitrogen and oxygen atoms in total. The Morgan fingerprint density at radius 3 is 2.88 bits per heavy atom. The van der Waals surface area contributed by atoms with Crippen molar-refractivity contribution < 1.29 is 0 Å². The minimum Gasteiger partial charge on any atom is -0.319 e. The Morgan fingerprint density at radius 1 is 1.41 bits per heavy atom. The van der Waals surface area contributed by atoms with Gasteiger partial charge in [0.15, 0.2) is 0 Å². The van der Waals surface area contributed by atoms with Gasteiger partial charge in [0.05, 0.1) is 0 Å². The van der Waals surface area contributed by atoms with E-state index in [-0.39, 0.29) is 0 Å². The van der Waals surface area contributed by atoms with Crippen LogP contribution in [0.25, 0.3) is 0 Å². The van der Waals surface area contributed by atoms with Crippen LogP contribution in [0.1, 0.15) is 38.0 Å². The topological polar surface area (TPSA) is 12.0 Å². The highest BCUT2D eigenvalue weighted by Crippen LogP contribution is 2.43. The summed E-state index contributed by atoms with van der Waals surface area (Å²) in [5.41, 5.74) is 0.548. The second-order valence-electron chi connectivity index (χ2n) is 6.27. The van der Waals surface area contributed by atoms with Gasteiger partial charge >= 0.3 is 0 Å². The van der Waals surface area contributed by atoms with Crippen molar-refractivity contribution >= 4 is 11.3 Å². The van der Waals surface area contributed by atoms with Gasteiger partial charge in [0, 0.05) is 4.88 Å². The summed E-state index contributed by atoms with van der Waals surface area (Å²) in [6, 6.07) is 4.48. The van der Waals surface area contributed by atoms with E-state index in [4.69, 9.17) is 0 Å². The van der Waals surface area contributed by atoms with Crippen LogP contribution in [0.5, 0.6) is 0 Å². The van der Waals surface area contributed by atoms with Crippen LogP contribution in [0.3, 0.4) is 0 Å². The molecule has 0 aliphatic heterocycles. The highest BCUT2D eigenvalue weighted by atomic mass is 32.1. The van der Waals surface area contributed by atoms with Gasteiger partial charge in [-0.1, -0.05) is 19.9 Å². The third-order valence-corrected chi connectivity index (χ3v) is 5.08. The maximum Gasteiger partial charge on any atom is 0.00480 e. The molecule has 2 rings (SSSR count). The van der Waals surface area contributed by atoms with Crippen molar-refractivity contribution in [2.45, 2.75) is 39.5 Å². The molecule has 96 valence electrons. The van der Waals surface area contributed by atoms with E-state index in [1.807, 2.05) is 11.3 Å². The van der Waals surface area contributed by atoms with Gasteiger partial charge in [-0.05, 0) is 68.0 Å². The molecule has 1 aliphatic carbocycles. The van der Waals surface area contributed by atoms with Gasteiger partial charge in [-0.2, -0.15) is 0 Å². The maximum absolute atomic E-state index is 3.38. The van der Waals surface area contributed by atoms with Crippen LogP contribution in [-0.2, 0) is 6.42 Å². The van der Waals surface area contributed by atoms with Crippen molar-refractivity contribution in [1.29, 1.82) is 0 Å². The Bertz CT molecular complexity index is 329. The van der Waals surface area contributed by atoms with E-state index in [1.165, 1.54) is 32.2 Å². The third kappa shape index (κ3) is 3.56. The molecule has 2 atom stereocenters. The summed E-state index contributed by atoms with van der Waals surface area (Å²) in [5.74, 6) is 1.74. The first-order valence-electron chi connectivity index (χ1n) is 6.78. The van der Waals surface area contributed by atoms with E-state index in [2.05, 4.69) is 43.7 Å². The van der Waals surface area contributed by atoms with Crippen molar-refractivity contribution in [2.24, 2.45) is 17.3 Å². The average molecular weight is 251 g/mol. The number of thiophene rings is 1. The predicted octanol–water partition coefficient (Wildman–Crippen LogP) is 3.95. The quantitative estimate of drug-likeness (QED) is 0.854.